The zero-order chi connectivity index (χ0) is 11.4. The highest BCUT2D eigenvalue weighted by molar-refractivity contribution is 5.85. The van der Waals surface area contributed by atoms with Gasteiger partial charge in [0.15, 0.2) is 5.78 Å². The Morgan fingerprint density at radius 1 is 1.12 bits per heavy atom. The number of hydrogen-bond acceptors (Lipinski definition) is 2. The highest BCUT2D eigenvalue weighted by atomic mass is 16.5. The lowest BCUT2D eigenvalue weighted by Gasteiger charge is -2.33. The number of rotatable bonds is 3. The fourth-order valence-electron chi connectivity index (χ4n) is 3.27. The maximum Gasteiger partial charge on any atom is 0.164 e. The van der Waals surface area contributed by atoms with Crippen LogP contribution in [0.3, 0.4) is 0 Å². The van der Waals surface area contributed by atoms with Crippen molar-refractivity contribution in [1.82, 2.24) is 0 Å². The molecule has 2 fully saturated rings. The molecule has 0 aromatic rings. The second kappa shape index (κ2) is 5.81. The van der Waals surface area contributed by atoms with E-state index < -0.39 is 0 Å². The van der Waals surface area contributed by atoms with Gasteiger partial charge in [0.2, 0.25) is 0 Å². The third-order valence-electron chi connectivity index (χ3n) is 4.30. The van der Waals surface area contributed by atoms with Crippen LogP contribution in [0.15, 0.2) is 0 Å². The van der Waals surface area contributed by atoms with E-state index >= 15 is 0 Å². The van der Waals surface area contributed by atoms with Crippen molar-refractivity contribution in [3.63, 3.8) is 0 Å². The molecule has 1 aliphatic carbocycles. The Labute approximate surface area is 98.7 Å². The van der Waals surface area contributed by atoms with E-state index in [1.165, 1.54) is 25.7 Å². The number of carbonyl (C=O) groups is 1. The van der Waals surface area contributed by atoms with Crippen molar-refractivity contribution in [2.24, 2.45) is 11.8 Å². The van der Waals surface area contributed by atoms with Crippen LogP contribution in [-0.2, 0) is 9.53 Å². The summed E-state index contributed by atoms with van der Waals surface area (Å²) in [7, 11) is 0. The molecule has 2 heteroatoms. The monoisotopic (exact) mass is 224 g/mol. The van der Waals surface area contributed by atoms with E-state index in [1.807, 2.05) is 0 Å². The van der Waals surface area contributed by atoms with Gasteiger partial charge in [0.05, 0.1) is 0 Å². The van der Waals surface area contributed by atoms with Gasteiger partial charge in [-0.2, -0.15) is 0 Å². The van der Waals surface area contributed by atoms with E-state index in [1.54, 1.807) is 0 Å². The van der Waals surface area contributed by atoms with Crippen molar-refractivity contribution in [1.29, 1.82) is 0 Å². The first-order valence-electron chi connectivity index (χ1n) is 6.98. The van der Waals surface area contributed by atoms with Crippen LogP contribution in [-0.4, -0.2) is 18.5 Å². The van der Waals surface area contributed by atoms with E-state index in [-0.39, 0.29) is 6.10 Å². The van der Waals surface area contributed by atoms with Crippen LogP contribution in [0.25, 0.3) is 0 Å². The van der Waals surface area contributed by atoms with E-state index in [4.69, 9.17) is 4.74 Å². The molecule has 3 unspecified atom stereocenters. The van der Waals surface area contributed by atoms with Gasteiger partial charge in [-0.05, 0) is 38.0 Å². The van der Waals surface area contributed by atoms with Crippen LogP contribution in [0.4, 0.5) is 0 Å². The van der Waals surface area contributed by atoms with Gasteiger partial charge in [-0.15, -0.1) is 0 Å². The normalized spacial score (nSPS) is 35.9. The molecule has 1 heterocycles. The van der Waals surface area contributed by atoms with E-state index in [0.717, 1.165) is 32.3 Å². The van der Waals surface area contributed by atoms with E-state index in [0.29, 0.717) is 17.6 Å². The first kappa shape index (κ1) is 12.1. The Morgan fingerprint density at radius 3 is 2.56 bits per heavy atom. The highest BCUT2D eigenvalue weighted by Gasteiger charge is 2.34. The Hall–Kier alpha value is -0.370. The maximum absolute atomic E-state index is 12.4. The molecule has 1 aliphatic heterocycles. The number of Topliss-reactive ketones (excluding diaryl/α,β-unsaturated/α-hetero) is 1. The van der Waals surface area contributed by atoms with Gasteiger partial charge in [0.1, 0.15) is 6.10 Å². The SMILES string of the molecule is CCC1CCCCC1C(=O)C1CCCCO1. The van der Waals surface area contributed by atoms with Crippen LogP contribution in [0, 0.1) is 11.8 Å². The summed E-state index contributed by atoms with van der Waals surface area (Å²) in [5, 5.41) is 0. The van der Waals surface area contributed by atoms with Gasteiger partial charge in [0, 0.05) is 12.5 Å². The summed E-state index contributed by atoms with van der Waals surface area (Å²) in [6, 6.07) is 0. The average molecular weight is 224 g/mol. The zero-order valence-corrected chi connectivity index (χ0v) is 10.4. The quantitative estimate of drug-likeness (QED) is 0.735. The summed E-state index contributed by atoms with van der Waals surface area (Å²) >= 11 is 0. The minimum Gasteiger partial charge on any atom is -0.370 e. The molecule has 92 valence electrons. The average Bonchev–Trinajstić information content (AvgIpc) is 2.39. The smallest absolute Gasteiger partial charge is 0.164 e. The number of hydrogen-bond donors (Lipinski definition) is 0. The maximum atomic E-state index is 12.4. The molecule has 0 spiro atoms. The van der Waals surface area contributed by atoms with Crippen molar-refractivity contribution in [3.05, 3.63) is 0 Å². The molecule has 2 aliphatic rings. The fraction of sp³-hybridized carbons (Fsp3) is 0.929. The molecule has 0 aromatic heterocycles. The topological polar surface area (TPSA) is 26.3 Å². The van der Waals surface area contributed by atoms with Crippen LogP contribution in [0.2, 0.25) is 0 Å². The van der Waals surface area contributed by atoms with Gasteiger partial charge in [-0.25, -0.2) is 0 Å². The Bertz CT molecular complexity index is 231. The Balaban J connectivity index is 1.95. The summed E-state index contributed by atoms with van der Waals surface area (Å²) in [5.74, 6) is 1.36. The number of ether oxygens (including phenoxy) is 1. The molecule has 1 saturated carbocycles. The zero-order valence-electron chi connectivity index (χ0n) is 10.4. The van der Waals surface area contributed by atoms with Crippen LogP contribution < -0.4 is 0 Å². The second-order valence-electron chi connectivity index (χ2n) is 5.32. The second-order valence-corrected chi connectivity index (χ2v) is 5.32. The molecular weight excluding hydrogens is 200 g/mol. The highest BCUT2D eigenvalue weighted by Crippen LogP contribution is 2.34. The summed E-state index contributed by atoms with van der Waals surface area (Å²) in [5.41, 5.74) is 0. The van der Waals surface area contributed by atoms with Gasteiger partial charge in [-0.3, -0.25) is 4.79 Å². The summed E-state index contributed by atoms with van der Waals surface area (Å²) in [6.45, 7) is 3.01. The molecule has 0 bridgehead atoms. The minimum absolute atomic E-state index is 0.0640. The first-order chi connectivity index (χ1) is 7.83. The van der Waals surface area contributed by atoms with Gasteiger partial charge in [0.25, 0.3) is 0 Å². The molecule has 16 heavy (non-hydrogen) atoms. The van der Waals surface area contributed by atoms with Crippen molar-refractivity contribution < 1.29 is 9.53 Å². The molecule has 1 saturated heterocycles. The summed E-state index contributed by atoms with van der Waals surface area (Å²) in [6.07, 6.45) is 9.26. The lowest BCUT2D eigenvalue weighted by Crippen LogP contribution is -2.37. The van der Waals surface area contributed by atoms with Crippen molar-refractivity contribution in [2.45, 2.75) is 64.4 Å². The van der Waals surface area contributed by atoms with Gasteiger partial charge < -0.3 is 4.74 Å². The third-order valence-corrected chi connectivity index (χ3v) is 4.30. The summed E-state index contributed by atoms with van der Waals surface area (Å²) < 4.78 is 5.64. The Kier molecular flexibility index (Phi) is 4.39. The van der Waals surface area contributed by atoms with Crippen LogP contribution >= 0.6 is 0 Å². The lowest BCUT2D eigenvalue weighted by atomic mass is 9.74. The van der Waals surface area contributed by atoms with Crippen LogP contribution in [0.1, 0.15) is 58.3 Å². The first-order valence-corrected chi connectivity index (χ1v) is 6.98. The third kappa shape index (κ3) is 2.65. The van der Waals surface area contributed by atoms with Crippen LogP contribution in [0.5, 0.6) is 0 Å². The van der Waals surface area contributed by atoms with Crippen molar-refractivity contribution in [3.8, 4) is 0 Å². The molecule has 0 radical (unpaired) electrons. The molecule has 2 nitrogen and oxygen atoms in total. The predicted molar refractivity (Wildman–Crippen MR) is 64.3 cm³/mol. The fourth-order valence-corrected chi connectivity index (χ4v) is 3.27. The minimum atomic E-state index is -0.0640. The standard InChI is InChI=1S/C14H24O2/c1-2-11-7-3-4-8-12(11)14(15)13-9-5-6-10-16-13/h11-13H,2-10H2,1H3. The molecule has 2 rings (SSSR count). The van der Waals surface area contributed by atoms with Gasteiger partial charge in [-0.1, -0.05) is 26.2 Å². The molecule has 0 amide bonds. The summed E-state index contributed by atoms with van der Waals surface area (Å²) in [4.78, 5) is 12.4. The molecule has 3 atom stereocenters. The van der Waals surface area contributed by atoms with Crippen molar-refractivity contribution in [2.75, 3.05) is 6.61 Å². The molecular formula is C14H24O2. The number of carbonyl (C=O) groups excluding carboxylic acids is 1. The van der Waals surface area contributed by atoms with Crippen molar-refractivity contribution >= 4 is 5.78 Å². The molecule has 0 N–H and O–H groups in total. The molecule has 0 aromatic carbocycles. The predicted octanol–water partition coefficient (Wildman–Crippen LogP) is 3.34. The van der Waals surface area contributed by atoms with E-state index in [9.17, 15) is 4.79 Å². The Morgan fingerprint density at radius 2 is 1.88 bits per heavy atom. The number of ketones is 1. The lowest BCUT2D eigenvalue weighted by molar-refractivity contribution is -0.140. The van der Waals surface area contributed by atoms with E-state index in [2.05, 4.69) is 6.92 Å². The largest absolute Gasteiger partial charge is 0.370 e. The van der Waals surface area contributed by atoms with Gasteiger partial charge >= 0.3 is 0 Å².